The molecule has 0 spiro atoms. The minimum absolute atomic E-state index is 0.169. The fraction of sp³-hybridized carbons (Fsp3) is 0.231. The average molecular weight is 321 g/mol. The number of anilines is 2. The van der Waals surface area contributed by atoms with Crippen molar-refractivity contribution in [3.63, 3.8) is 0 Å². The van der Waals surface area contributed by atoms with Crippen molar-refractivity contribution in [2.45, 2.75) is 12.1 Å². The summed E-state index contributed by atoms with van der Waals surface area (Å²) in [5.41, 5.74) is 1.06. The second-order valence-corrected chi connectivity index (χ2v) is 5.19. The van der Waals surface area contributed by atoms with Gasteiger partial charge in [-0.15, -0.1) is 0 Å². The molecule has 0 saturated heterocycles. The van der Waals surface area contributed by atoms with E-state index in [0.717, 1.165) is 0 Å². The maximum atomic E-state index is 12.0. The van der Waals surface area contributed by atoms with Crippen LogP contribution in [0, 0.1) is 0 Å². The summed E-state index contributed by atoms with van der Waals surface area (Å²) < 4.78 is 5.19. The summed E-state index contributed by atoms with van der Waals surface area (Å²) in [6.45, 7) is 1.41. The molecule has 8 nitrogen and oxygen atoms in total. The summed E-state index contributed by atoms with van der Waals surface area (Å²) in [6, 6.07) is 5.00. The Balaban J connectivity index is 2.02. The van der Waals surface area contributed by atoms with Gasteiger partial charge in [0, 0.05) is 12.6 Å². The number of hydrogen-bond acceptors (Lipinski definition) is 6. The number of ether oxygens (including phenoxy) is 1. The van der Waals surface area contributed by atoms with Crippen LogP contribution in [0.2, 0.25) is 0 Å². The van der Waals surface area contributed by atoms with Gasteiger partial charge in [-0.25, -0.2) is 4.98 Å². The van der Waals surface area contributed by atoms with Crippen molar-refractivity contribution in [2.75, 3.05) is 23.5 Å². The van der Waals surface area contributed by atoms with Gasteiger partial charge >= 0.3 is 0 Å². The molecule has 0 saturated carbocycles. The number of rotatable bonds is 6. The summed E-state index contributed by atoms with van der Waals surface area (Å²) in [6.07, 6.45) is 1.38. The van der Waals surface area contributed by atoms with Crippen LogP contribution in [-0.2, 0) is 9.59 Å². The molecule has 0 radical (unpaired) electrons. The molecule has 116 valence electrons. The summed E-state index contributed by atoms with van der Waals surface area (Å²) in [7, 11) is 1.51. The van der Waals surface area contributed by atoms with Crippen LogP contribution >= 0.6 is 11.8 Å². The van der Waals surface area contributed by atoms with Gasteiger partial charge in [0.1, 0.15) is 12.1 Å². The molecule has 1 heterocycles. The van der Waals surface area contributed by atoms with E-state index < -0.39 is 0 Å². The molecule has 0 aliphatic carbocycles. The lowest BCUT2D eigenvalue weighted by Crippen LogP contribution is -2.15. The molecule has 9 heteroatoms. The fourth-order valence-corrected chi connectivity index (χ4v) is 2.25. The molecule has 1 aromatic carbocycles. The molecular weight excluding hydrogens is 306 g/mol. The molecule has 0 bridgehead atoms. The molecule has 22 heavy (non-hydrogen) atoms. The molecule has 3 N–H and O–H groups in total. The highest BCUT2D eigenvalue weighted by molar-refractivity contribution is 7.99. The van der Waals surface area contributed by atoms with Gasteiger partial charge in [0.2, 0.25) is 11.8 Å². The lowest BCUT2D eigenvalue weighted by molar-refractivity contribution is -0.114. The van der Waals surface area contributed by atoms with Crippen LogP contribution in [0.15, 0.2) is 29.7 Å². The molecule has 0 atom stereocenters. The van der Waals surface area contributed by atoms with E-state index in [4.69, 9.17) is 4.74 Å². The van der Waals surface area contributed by atoms with Gasteiger partial charge in [-0.3, -0.25) is 14.7 Å². The Hall–Kier alpha value is -2.55. The number of nitrogens with one attached hydrogen (secondary N) is 3. The van der Waals surface area contributed by atoms with E-state index in [-0.39, 0.29) is 17.6 Å². The Morgan fingerprint density at radius 3 is 2.82 bits per heavy atom. The molecular formula is C13H15N5O3S. The van der Waals surface area contributed by atoms with E-state index >= 15 is 0 Å². The van der Waals surface area contributed by atoms with Crippen molar-refractivity contribution in [3.8, 4) is 5.75 Å². The fourth-order valence-electron chi connectivity index (χ4n) is 1.67. The maximum Gasteiger partial charge on any atom is 0.234 e. The highest BCUT2D eigenvalue weighted by Crippen LogP contribution is 2.28. The minimum Gasteiger partial charge on any atom is -0.495 e. The molecule has 0 aliphatic heterocycles. The molecule has 2 rings (SSSR count). The Bertz CT molecular complexity index is 660. The van der Waals surface area contributed by atoms with Gasteiger partial charge in [0.25, 0.3) is 0 Å². The van der Waals surface area contributed by atoms with Crippen molar-refractivity contribution in [1.29, 1.82) is 0 Å². The highest BCUT2D eigenvalue weighted by atomic mass is 32.2. The summed E-state index contributed by atoms with van der Waals surface area (Å²) in [5, 5.41) is 12.3. The SMILES string of the molecule is COc1ccc(NC(C)=O)cc1NC(=O)CSc1ncn[nH]1. The zero-order chi connectivity index (χ0) is 15.9. The summed E-state index contributed by atoms with van der Waals surface area (Å²) in [5.74, 6) is 0.262. The lowest BCUT2D eigenvalue weighted by atomic mass is 10.2. The molecule has 0 aliphatic rings. The number of thioether (sulfide) groups is 1. The zero-order valence-corrected chi connectivity index (χ0v) is 12.9. The van der Waals surface area contributed by atoms with Crippen molar-refractivity contribution in [2.24, 2.45) is 0 Å². The first kappa shape index (κ1) is 15.8. The molecule has 2 aromatic rings. The van der Waals surface area contributed by atoms with E-state index in [1.54, 1.807) is 18.2 Å². The average Bonchev–Trinajstić information content (AvgIpc) is 2.98. The summed E-state index contributed by atoms with van der Waals surface area (Å²) >= 11 is 1.23. The van der Waals surface area contributed by atoms with Gasteiger partial charge in [-0.1, -0.05) is 11.8 Å². The van der Waals surface area contributed by atoms with E-state index in [2.05, 4.69) is 25.8 Å². The highest BCUT2D eigenvalue weighted by Gasteiger charge is 2.10. The topological polar surface area (TPSA) is 109 Å². The predicted octanol–water partition coefficient (Wildman–Crippen LogP) is 1.50. The first-order valence-corrected chi connectivity index (χ1v) is 7.30. The molecule has 2 amide bonds. The number of H-pyrrole nitrogens is 1. The van der Waals surface area contributed by atoms with E-state index in [1.807, 2.05) is 0 Å². The first-order chi connectivity index (χ1) is 10.6. The van der Waals surface area contributed by atoms with Gasteiger partial charge in [-0.05, 0) is 18.2 Å². The van der Waals surface area contributed by atoms with Crippen LogP contribution in [0.25, 0.3) is 0 Å². The second-order valence-electron chi connectivity index (χ2n) is 4.22. The standard InChI is InChI=1S/C13H15N5O3S/c1-8(19)16-9-3-4-11(21-2)10(5-9)17-12(20)6-22-13-14-7-15-18-13/h3-5,7H,6H2,1-2H3,(H,16,19)(H,17,20)(H,14,15,18). The third-order valence-electron chi connectivity index (χ3n) is 2.53. The van der Waals surface area contributed by atoms with Crippen LogP contribution in [0.3, 0.4) is 0 Å². The molecule has 1 aromatic heterocycles. The van der Waals surface area contributed by atoms with Gasteiger partial charge in [0.15, 0.2) is 5.16 Å². The van der Waals surface area contributed by atoms with Crippen molar-refractivity contribution < 1.29 is 14.3 Å². The number of methoxy groups -OCH3 is 1. The van der Waals surface area contributed by atoms with Gasteiger partial charge < -0.3 is 15.4 Å². The number of hydrogen-bond donors (Lipinski definition) is 3. The Labute approximate surface area is 131 Å². The van der Waals surface area contributed by atoms with Crippen LogP contribution < -0.4 is 15.4 Å². The molecule has 0 fully saturated rings. The normalized spacial score (nSPS) is 10.1. The monoisotopic (exact) mass is 321 g/mol. The van der Waals surface area contributed by atoms with Crippen molar-refractivity contribution >= 4 is 35.0 Å². The second kappa shape index (κ2) is 7.46. The number of aromatic amines is 1. The predicted molar refractivity (Wildman–Crippen MR) is 83.0 cm³/mol. The number of benzene rings is 1. The Morgan fingerprint density at radius 2 is 2.18 bits per heavy atom. The number of aromatic nitrogens is 3. The summed E-state index contributed by atoms with van der Waals surface area (Å²) in [4.78, 5) is 27.0. The number of carbonyl (C=O) groups is 2. The minimum atomic E-state index is -0.223. The van der Waals surface area contributed by atoms with E-state index in [9.17, 15) is 9.59 Å². The van der Waals surface area contributed by atoms with Gasteiger partial charge in [-0.2, -0.15) is 5.10 Å². The smallest absolute Gasteiger partial charge is 0.234 e. The lowest BCUT2D eigenvalue weighted by Gasteiger charge is -2.12. The largest absolute Gasteiger partial charge is 0.495 e. The van der Waals surface area contributed by atoms with E-state index in [1.165, 1.54) is 32.1 Å². The van der Waals surface area contributed by atoms with Crippen LogP contribution in [0.4, 0.5) is 11.4 Å². The van der Waals surface area contributed by atoms with Crippen molar-refractivity contribution in [3.05, 3.63) is 24.5 Å². The Morgan fingerprint density at radius 1 is 1.36 bits per heavy atom. The number of carbonyl (C=O) groups excluding carboxylic acids is 2. The van der Waals surface area contributed by atoms with E-state index in [0.29, 0.717) is 22.3 Å². The number of nitrogens with zero attached hydrogens (tertiary/aromatic N) is 2. The van der Waals surface area contributed by atoms with Crippen LogP contribution in [0.1, 0.15) is 6.92 Å². The zero-order valence-electron chi connectivity index (χ0n) is 12.0. The van der Waals surface area contributed by atoms with Crippen LogP contribution in [-0.4, -0.2) is 39.9 Å². The first-order valence-electron chi connectivity index (χ1n) is 6.32. The Kier molecular flexibility index (Phi) is 5.37. The number of amides is 2. The third-order valence-corrected chi connectivity index (χ3v) is 3.40. The maximum absolute atomic E-state index is 12.0. The third kappa shape index (κ3) is 4.48. The van der Waals surface area contributed by atoms with Crippen molar-refractivity contribution in [1.82, 2.24) is 15.2 Å². The quantitative estimate of drug-likeness (QED) is 0.696. The van der Waals surface area contributed by atoms with Crippen LogP contribution in [0.5, 0.6) is 5.75 Å². The molecule has 0 unspecified atom stereocenters. The van der Waals surface area contributed by atoms with Gasteiger partial charge in [0.05, 0.1) is 18.6 Å².